The van der Waals surface area contributed by atoms with Crippen molar-refractivity contribution in [1.29, 1.82) is 0 Å². The van der Waals surface area contributed by atoms with Gasteiger partial charge in [0.25, 0.3) is 5.69 Å². The van der Waals surface area contributed by atoms with Crippen LogP contribution in [0.2, 0.25) is 0 Å². The summed E-state index contributed by atoms with van der Waals surface area (Å²) in [6, 6.07) is 8.62. The number of rotatable bonds is 4. The standard InChI is InChI=1S/C14H16N4O2/c1-9-11(4-3-5-13(9)18(19)20)8-16-14-7-6-12(15)10(2)17-14/h3-7H,8,15H2,1-2H3,(H,16,17). The predicted molar refractivity (Wildman–Crippen MR) is 78.5 cm³/mol. The van der Waals surface area contributed by atoms with Crippen LogP contribution in [0.4, 0.5) is 17.2 Å². The lowest BCUT2D eigenvalue weighted by atomic mass is 10.1. The average Bonchev–Trinajstić information content (AvgIpc) is 2.41. The highest BCUT2D eigenvalue weighted by Crippen LogP contribution is 2.22. The Bertz CT molecular complexity index is 656. The average molecular weight is 272 g/mol. The lowest BCUT2D eigenvalue weighted by Gasteiger charge is -2.10. The monoisotopic (exact) mass is 272 g/mol. The molecule has 2 rings (SSSR count). The van der Waals surface area contributed by atoms with E-state index in [0.29, 0.717) is 23.6 Å². The number of aromatic nitrogens is 1. The Hall–Kier alpha value is -2.63. The first kappa shape index (κ1) is 13.8. The topological polar surface area (TPSA) is 94.1 Å². The molecule has 2 aromatic rings. The van der Waals surface area contributed by atoms with Gasteiger partial charge in [0.1, 0.15) is 5.82 Å². The molecule has 0 aliphatic carbocycles. The van der Waals surface area contributed by atoms with Gasteiger partial charge in [-0.25, -0.2) is 4.98 Å². The lowest BCUT2D eigenvalue weighted by molar-refractivity contribution is -0.385. The number of hydrogen-bond donors (Lipinski definition) is 2. The smallest absolute Gasteiger partial charge is 0.272 e. The van der Waals surface area contributed by atoms with Gasteiger partial charge in [0.05, 0.1) is 16.3 Å². The second-order valence-electron chi connectivity index (χ2n) is 4.54. The number of nitrogens with one attached hydrogen (secondary N) is 1. The van der Waals surface area contributed by atoms with Gasteiger partial charge in [-0.3, -0.25) is 10.1 Å². The second kappa shape index (κ2) is 5.56. The molecule has 104 valence electrons. The van der Waals surface area contributed by atoms with Crippen LogP contribution in [0.1, 0.15) is 16.8 Å². The minimum absolute atomic E-state index is 0.130. The minimum Gasteiger partial charge on any atom is -0.397 e. The minimum atomic E-state index is -0.371. The summed E-state index contributed by atoms with van der Waals surface area (Å²) in [6.07, 6.45) is 0. The molecule has 0 saturated carbocycles. The molecule has 0 amide bonds. The third-order valence-corrected chi connectivity index (χ3v) is 3.20. The fourth-order valence-corrected chi connectivity index (χ4v) is 1.92. The van der Waals surface area contributed by atoms with E-state index >= 15 is 0 Å². The van der Waals surface area contributed by atoms with Crippen LogP contribution in [0.5, 0.6) is 0 Å². The third-order valence-electron chi connectivity index (χ3n) is 3.20. The van der Waals surface area contributed by atoms with Crippen molar-refractivity contribution in [2.75, 3.05) is 11.1 Å². The number of nitrogens with two attached hydrogens (primary N) is 1. The van der Waals surface area contributed by atoms with Crippen molar-refractivity contribution >= 4 is 17.2 Å². The maximum Gasteiger partial charge on any atom is 0.272 e. The van der Waals surface area contributed by atoms with Crippen LogP contribution >= 0.6 is 0 Å². The number of aryl methyl sites for hydroxylation is 1. The largest absolute Gasteiger partial charge is 0.397 e. The van der Waals surface area contributed by atoms with Crippen molar-refractivity contribution in [2.45, 2.75) is 20.4 Å². The highest BCUT2D eigenvalue weighted by molar-refractivity contribution is 5.50. The number of nitrogen functional groups attached to an aromatic ring is 1. The molecular formula is C14H16N4O2. The summed E-state index contributed by atoms with van der Waals surface area (Å²) in [6.45, 7) is 4.06. The number of benzene rings is 1. The predicted octanol–water partition coefficient (Wildman–Crippen LogP) is 2.80. The van der Waals surface area contributed by atoms with Gasteiger partial charge in [-0.2, -0.15) is 0 Å². The summed E-state index contributed by atoms with van der Waals surface area (Å²) in [5.74, 6) is 0.697. The van der Waals surface area contributed by atoms with Gasteiger partial charge in [0.15, 0.2) is 0 Å². The fraction of sp³-hybridized carbons (Fsp3) is 0.214. The maximum atomic E-state index is 10.9. The summed E-state index contributed by atoms with van der Waals surface area (Å²) in [5, 5.41) is 14.0. The first-order valence-electron chi connectivity index (χ1n) is 6.19. The molecule has 0 fully saturated rings. The molecule has 0 aliphatic rings. The molecular weight excluding hydrogens is 256 g/mol. The van der Waals surface area contributed by atoms with Crippen molar-refractivity contribution in [2.24, 2.45) is 0 Å². The number of nitro groups is 1. The molecule has 0 aliphatic heterocycles. The molecule has 0 saturated heterocycles. The zero-order valence-electron chi connectivity index (χ0n) is 11.4. The fourth-order valence-electron chi connectivity index (χ4n) is 1.92. The van der Waals surface area contributed by atoms with Crippen LogP contribution in [0.3, 0.4) is 0 Å². The Morgan fingerprint density at radius 1 is 1.30 bits per heavy atom. The summed E-state index contributed by atoms with van der Waals surface area (Å²) in [5.41, 5.74) is 8.77. The van der Waals surface area contributed by atoms with Crippen molar-refractivity contribution < 1.29 is 4.92 Å². The molecule has 6 heteroatoms. The number of hydrogen-bond acceptors (Lipinski definition) is 5. The number of anilines is 2. The molecule has 1 heterocycles. The summed E-state index contributed by atoms with van der Waals surface area (Å²) < 4.78 is 0. The van der Waals surface area contributed by atoms with Crippen LogP contribution in [0.25, 0.3) is 0 Å². The van der Waals surface area contributed by atoms with Crippen LogP contribution in [-0.2, 0) is 6.54 Å². The van der Waals surface area contributed by atoms with E-state index in [9.17, 15) is 10.1 Å². The molecule has 0 unspecified atom stereocenters. The van der Waals surface area contributed by atoms with Gasteiger partial charge >= 0.3 is 0 Å². The highest BCUT2D eigenvalue weighted by Gasteiger charge is 2.12. The maximum absolute atomic E-state index is 10.9. The molecule has 0 bridgehead atoms. The van der Waals surface area contributed by atoms with E-state index in [1.54, 1.807) is 25.1 Å². The third kappa shape index (κ3) is 2.85. The molecule has 1 aromatic heterocycles. The van der Waals surface area contributed by atoms with Crippen molar-refractivity contribution in [3.63, 3.8) is 0 Å². The Morgan fingerprint density at radius 2 is 2.05 bits per heavy atom. The molecule has 3 N–H and O–H groups in total. The van der Waals surface area contributed by atoms with Gasteiger partial charge in [-0.05, 0) is 31.5 Å². The zero-order valence-corrected chi connectivity index (χ0v) is 11.4. The van der Waals surface area contributed by atoms with Crippen LogP contribution in [0.15, 0.2) is 30.3 Å². The number of nitro benzene ring substituents is 1. The van der Waals surface area contributed by atoms with E-state index < -0.39 is 0 Å². The van der Waals surface area contributed by atoms with Gasteiger partial charge in [0.2, 0.25) is 0 Å². The van der Waals surface area contributed by atoms with Crippen molar-refractivity contribution in [3.05, 3.63) is 57.3 Å². The van der Waals surface area contributed by atoms with Gasteiger partial charge < -0.3 is 11.1 Å². The molecule has 0 radical (unpaired) electrons. The van der Waals surface area contributed by atoms with Crippen molar-refractivity contribution in [3.8, 4) is 0 Å². The first-order chi connectivity index (χ1) is 9.49. The Labute approximate surface area is 116 Å². The summed E-state index contributed by atoms with van der Waals surface area (Å²) >= 11 is 0. The van der Waals surface area contributed by atoms with E-state index in [0.717, 1.165) is 11.3 Å². The van der Waals surface area contributed by atoms with E-state index in [2.05, 4.69) is 10.3 Å². The second-order valence-corrected chi connectivity index (χ2v) is 4.54. The van der Waals surface area contributed by atoms with E-state index in [1.807, 2.05) is 13.0 Å². The van der Waals surface area contributed by atoms with Gasteiger partial charge in [0, 0.05) is 18.2 Å². The highest BCUT2D eigenvalue weighted by atomic mass is 16.6. The molecule has 0 spiro atoms. The number of pyridine rings is 1. The Kier molecular flexibility index (Phi) is 3.84. The van der Waals surface area contributed by atoms with Crippen LogP contribution in [-0.4, -0.2) is 9.91 Å². The SMILES string of the molecule is Cc1nc(NCc2cccc([N+](=O)[O-])c2C)ccc1N. The molecule has 6 nitrogen and oxygen atoms in total. The van der Waals surface area contributed by atoms with Crippen LogP contribution in [0, 0.1) is 24.0 Å². The van der Waals surface area contributed by atoms with Crippen molar-refractivity contribution in [1.82, 2.24) is 4.98 Å². The lowest BCUT2D eigenvalue weighted by Crippen LogP contribution is -2.05. The summed E-state index contributed by atoms with van der Waals surface area (Å²) in [7, 11) is 0. The van der Waals surface area contributed by atoms with E-state index in [4.69, 9.17) is 5.73 Å². The Morgan fingerprint density at radius 3 is 2.70 bits per heavy atom. The van der Waals surface area contributed by atoms with Gasteiger partial charge in [-0.15, -0.1) is 0 Å². The Balaban J connectivity index is 2.17. The first-order valence-corrected chi connectivity index (χ1v) is 6.19. The number of nitrogens with zero attached hydrogens (tertiary/aromatic N) is 2. The van der Waals surface area contributed by atoms with E-state index in [-0.39, 0.29) is 10.6 Å². The normalized spacial score (nSPS) is 10.3. The molecule has 1 aromatic carbocycles. The van der Waals surface area contributed by atoms with E-state index in [1.165, 1.54) is 6.07 Å². The zero-order chi connectivity index (χ0) is 14.7. The molecule has 20 heavy (non-hydrogen) atoms. The van der Waals surface area contributed by atoms with Gasteiger partial charge in [-0.1, -0.05) is 12.1 Å². The summed E-state index contributed by atoms with van der Waals surface area (Å²) in [4.78, 5) is 14.8. The quantitative estimate of drug-likeness (QED) is 0.659. The molecule has 0 atom stereocenters. The van der Waals surface area contributed by atoms with Crippen LogP contribution < -0.4 is 11.1 Å².